The van der Waals surface area contributed by atoms with Crippen molar-refractivity contribution < 1.29 is 9.21 Å². The van der Waals surface area contributed by atoms with Crippen LogP contribution in [0.5, 0.6) is 0 Å². The molecule has 3 rings (SSSR count). The van der Waals surface area contributed by atoms with Gasteiger partial charge in [-0.15, -0.1) is 0 Å². The summed E-state index contributed by atoms with van der Waals surface area (Å²) in [5.41, 5.74) is 0.910. The van der Waals surface area contributed by atoms with E-state index >= 15 is 0 Å². The van der Waals surface area contributed by atoms with Crippen molar-refractivity contribution in [2.45, 2.75) is 13.5 Å². The Kier molecular flexibility index (Phi) is 3.50. The zero-order valence-corrected chi connectivity index (χ0v) is 12.3. The quantitative estimate of drug-likeness (QED) is 0.803. The van der Waals surface area contributed by atoms with E-state index in [0.29, 0.717) is 28.1 Å². The number of furan rings is 1. The molecule has 1 N–H and O–H groups in total. The Balaban J connectivity index is 1.88. The van der Waals surface area contributed by atoms with Gasteiger partial charge in [0.05, 0.1) is 29.3 Å². The third-order valence-corrected chi connectivity index (χ3v) is 3.48. The zero-order valence-electron chi connectivity index (χ0n) is 12.3. The zero-order chi connectivity index (χ0) is 15.7. The number of carbonyl (C=O) groups excluding carboxylic acids is 1. The summed E-state index contributed by atoms with van der Waals surface area (Å²) in [6.07, 6.45) is 1.48. The maximum atomic E-state index is 12.3. The Morgan fingerprint density at radius 1 is 1.32 bits per heavy atom. The van der Waals surface area contributed by atoms with E-state index in [2.05, 4.69) is 9.97 Å². The minimum Gasteiger partial charge on any atom is -0.469 e. The van der Waals surface area contributed by atoms with E-state index < -0.39 is 0 Å². The summed E-state index contributed by atoms with van der Waals surface area (Å²) in [6, 6.07) is 8.73. The first-order chi connectivity index (χ1) is 10.6. The van der Waals surface area contributed by atoms with Crippen molar-refractivity contribution in [1.82, 2.24) is 14.9 Å². The number of rotatable bonds is 3. The fraction of sp³-hybridized carbons (Fsp3) is 0.188. The molecule has 0 aliphatic rings. The van der Waals surface area contributed by atoms with Gasteiger partial charge in [0.2, 0.25) is 0 Å². The molecule has 0 radical (unpaired) electrons. The topological polar surface area (TPSA) is 79.2 Å². The van der Waals surface area contributed by atoms with Crippen molar-refractivity contribution in [2.24, 2.45) is 0 Å². The number of aromatic amines is 1. The molecule has 6 heteroatoms. The summed E-state index contributed by atoms with van der Waals surface area (Å²) in [4.78, 5) is 32.9. The van der Waals surface area contributed by atoms with Crippen LogP contribution in [-0.2, 0) is 6.54 Å². The molecule has 0 saturated carbocycles. The number of carbonyl (C=O) groups is 1. The van der Waals surface area contributed by atoms with E-state index in [1.807, 2.05) is 6.07 Å². The van der Waals surface area contributed by atoms with Crippen molar-refractivity contribution in [1.29, 1.82) is 0 Å². The van der Waals surface area contributed by atoms with E-state index in [1.165, 1.54) is 11.2 Å². The lowest BCUT2D eigenvalue weighted by Gasteiger charge is -2.16. The van der Waals surface area contributed by atoms with Gasteiger partial charge in [-0.05, 0) is 25.1 Å². The van der Waals surface area contributed by atoms with Crippen LogP contribution in [0.25, 0.3) is 10.9 Å². The molecular weight excluding hydrogens is 282 g/mol. The number of hydrogen-bond donors (Lipinski definition) is 1. The maximum Gasteiger partial charge on any atom is 0.258 e. The first-order valence-corrected chi connectivity index (χ1v) is 6.84. The summed E-state index contributed by atoms with van der Waals surface area (Å²) < 4.78 is 5.14. The molecule has 0 aliphatic carbocycles. The summed E-state index contributed by atoms with van der Waals surface area (Å²) in [5, 5.41) is 0.533. The fourth-order valence-electron chi connectivity index (χ4n) is 2.32. The Labute approximate surface area is 126 Å². The molecular formula is C16H15N3O3. The van der Waals surface area contributed by atoms with Crippen LogP contribution in [0.15, 0.2) is 45.8 Å². The van der Waals surface area contributed by atoms with Crippen molar-refractivity contribution in [3.05, 3.63) is 64.1 Å². The molecule has 3 aromatic rings. The lowest BCUT2D eigenvalue weighted by atomic mass is 10.2. The number of H-pyrrole nitrogens is 1. The van der Waals surface area contributed by atoms with Gasteiger partial charge in [0.25, 0.3) is 11.5 Å². The van der Waals surface area contributed by atoms with E-state index in [9.17, 15) is 9.59 Å². The average Bonchev–Trinajstić information content (AvgIpc) is 2.92. The molecule has 0 atom stereocenters. The number of nitrogens with zero attached hydrogens (tertiary/aromatic N) is 2. The van der Waals surface area contributed by atoms with Gasteiger partial charge in [-0.25, -0.2) is 4.98 Å². The number of benzene rings is 1. The monoisotopic (exact) mass is 297 g/mol. The molecule has 112 valence electrons. The summed E-state index contributed by atoms with van der Waals surface area (Å²) in [5.74, 6) is 0.833. The highest BCUT2D eigenvalue weighted by atomic mass is 16.3. The van der Waals surface area contributed by atoms with Crippen LogP contribution >= 0.6 is 0 Å². The highest BCUT2D eigenvalue weighted by molar-refractivity contribution is 5.94. The Morgan fingerprint density at radius 3 is 2.82 bits per heavy atom. The molecule has 22 heavy (non-hydrogen) atoms. The normalized spacial score (nSPS) is 10.8. The summed E-state index contributed by atoms with van der Waals surface area (Å²) in [7, 11) is 1.66. The SMILES string of the molecule is Cc1occc1C(=O)N(C)Cc1nc2ccccc2c(=O)[nH]1. The second-order valence-corrected chi connectivity index (χ2v) is 5.08. The minimum absolute atomic E-state index is 0.179. The minimum atomic E-state index is -0.207. The van der Waals surface area contributed by atoms with Crippen LogP contribution in [0.4, 0.5) is 0 Å². The molecule has 0 aliphatic heterocycles. The van der Waals surface area contributed by atoms with Crippen LogP contribution in [0, 0.1) is 6.92 Å². The maximum absolute atomic E-state index is 12.3. The van der Waals surface area contributed by atoms with Gasteiger partial charge in [-0.1, -0.05) is 12.1 Å². The number of aryl methyl sites for hydroxylation is 1. The van der Waals surface area contributed by atoms with Gasteiger partial charge in [-0.3, -0.25) is 9.59 Å². The third-order valence-electron chi connectivity index (χ3n) is 3.48. The molecule has 1 aromatic carbocycles. The molecule has 1 amide bonds. The van der Waals surface area contributed by atoms with Crippen LogP contribution in [0.2, 0.25) is 0 Å². The van der Waals surface area contributed by atoms with Crippen molar-refractivity contribution in [2.75, 3.05) is 7.05 Å². The molecule has 0 bridgehead atoms. The smallest absolute Gasteiger partial charge is 0.258 e. The number of amides is 1. The number of para-hydroxylation sites is 1. The highest BCUT2D eigenvalue weighted by Crippen LogP contribution is 2.13. The first kappa shape index (κ1) is 14.1. The van der Waals surface area contributed by atoms with Crippen LogP contribution in [0.3, 0.4) is 0 Å². The molecule has 0 fully saturated rings. The second-order valence-electron chi connectivity index (χ2n) is 5.08. The number of aromatic nitrogens is 2. The molecule has 0 saturated heterocycles. The summed E-state index contributed by atoms with van der Waals surface area (Å²) in [6.45, 7) is 1.95. The Morgan fingerprint density at radius 2 is 2.09 bits per heavy atom. The fourth-order valence-corrected chi connectivity index (χ4v) is 2.32. The van der Waals surface area contributed by atoms with Crippen molar-refractivity contribution in [3.8, 4) is 0 Å². The van der Waals surface area contributed by atoms with Crippen molar-refractivity contribution >= 4 is 16.8 Å². The van der Waals surface area contributed by atoms with Gasteiger partial charge in [0.1, 0.15) is 11.6 Å². The van der Waals surface area contributed by atoms with Crippen LogP contribution < -0.4 is 5.56 Å². The average molecular weight is 297 g/mol. The van der Waals surface area contributed by atoms with Gasteiger partial charge in [0, 0.05) is 7.05 Å². The van der Waals surface area contributed by atoms with Gasteiger partial charge >= 0.3 is 0 Å². The number of nitrogens with one attached hydrogen (secondary N) is 1. The van der Waals surface area contributed by atoms with E-state index in [1.54, 1.807) is 38.2 Å². The highest BCUT2D eigenvalue weighted by Gasteiger charge is 2.17. The van der Waals surface area contributed by atoms with E-state index in [4.69, 9.17) is 4.42 Å². The molecule has 0 spiro atoms. The lowest BCUT2D eigenvalue weighted by Crippen LogP contribution is -2.28. The standard InChI is InChI=1S/C16H15N3O3/c1-10-11(7-8-22-10)16(21)19(2)9-14-17-13-6-4-3-5-12(13)15(20)18-14/h3-8H,9H2,1-2H3,(H,17,18,20). The van der Waals surface area contributed by atoms with Gasteiger partial charge in [-0.2, -0.15) is 0 Å². The van der Waals surface area contributed by atoms with Gasteiger partial charge < -0.3 is 14.3 Å². The van der Waals surface area contributed by atoms with Gasteiger partial charge in [0.15, 0.2) is 0 Å². The summed E-state index contributed by atoms with van der Waals surface area (Å²) >= 11 is 0. The molecule has 2 heterocycles. The second kappa shape index (κ2) is 5.48. The Bertz CT molecular complexity index is 895. The molecule has 0 unspecified atom stereocenters. The Hall–Kier alpha value is -2.89. The predicted octanol–water partition coefficient (Wildman–Crippen LogP) is 2.10. The van der Waals surface area contributed by atoms with Crippen LogP contribution in [-0.4, -0.2) is 27.8 Å². The lowest BCUT2D eigenvalue weighted by molar-refractivity contribution is 0.0780. The van der Waals surface area contributed by atoms with Crippen molar-refractivity contribution in [3.63, 3.8) is 0 Å². The first-order valence-electron chi connectivity index (χ1n) is 6.84. The molecule has 2 aromatic heterocycles. The predicted molar refractivity (Wildman–Crippen MR) is 81.6 cm³/mol. The van der Waals surface area contributed by atoms with Crippen LogP contribution in [0.1, 0.15) is 21.9 Å². The van der Waals surface area contributed by atoms with E-state index in [0.717, 1.165) is 0 Å². The van der Waals surface area contributed by atoms with E-state index in [-0.39, 0.29) is 18.0 Å². The molecule has 6 nitrogen and oxygen atoms in total. The number of hydrogen-bond acceptors (Lipinski definition) is 4. The third kappa shape index (κ3) is 2.50. The number of fused-ring (bicyclic) bond motifs is 1. The largest absolute Gasteiger partial charge is 0.469 e.